The van der Waals surface area contributed by atoms with E-state index in [0.717, 1.165) is 71.4 Å². The summed E-state index contributed by atoms with van der Waals surface area (Å²) in [5.41, 5.74) is 3.15. The summed E-state index contributed by atoms with van der Waals surface area (Å²) in [6.45, 7) is 7.66. The van der Waals surface area contributed by atoms with Crippen LogP contribution in [0, 0.1) is 11.3 Å². The van der Waals surface area contributed by atoms with Crippen LogP contribution in [0.5, 0.6) is 17.2 Å². The lowest BCUT2D eigenvalue weighted by atomic mass is 10.0. The first-order valence-corrected chi connectivity index (χ1v) is 23.9. The summed E-state index contributed by atoms with van der Waals surface area (Å²) in [6, 6.07) is 13.5. The zero-order valence-corrected chi connectivity index (χ0v) is 40.0. The van der Waals surface area contributed by atoms with E-state index in [1.807, 2.05) is 12.1 Å². The number of hydrogen-bond donors (Lipinski definition) is 7. The van der Waals surface area contributed by atoms with Crippen LogP contribution in [0.3, 0.4) is 0 Å². The Labute approximate surface area is 406 Å². The number of nitrogens with one attached hydrogen (secondary N) is 3. The van der Waals surface area contributed by atoms with E-state index in [0.29, 0.717) is 105 Å². The van der Waals surface area contributed by atoms with Gasteiger partial charge in [-0.2, -0.15) is 5.26 Å². The number of amides is 1. The summed E-state index contributed by atoms with van der Waals surface area (Å²) in [6.07, 6.45) is 2.89. The van der Waals surface area contributed by atoms with Crippen molar-refractivity contribution in [2.75, 3.05) is 97.2 Å². The lowest BCUT2D eigenvalue weighted by Crippen LogP contribution is -2.57. The fraction of sp³-hybridized carbons (Fsp3) is 0.521. The van der Waals surface area contributed by atoms with Crippen molar-refractivity contribution in [2.24, 2.45) is 0 Å². The Morgan fingerprint density at radius 3 is 2.29 bits per heavy atom. The second kappa shape index (κ2) is 24.8. The summed E-state index contributed by atoms with van der Waals surface area (Å²) in [4.78, 5) is 23.6. The van der Waals surface area contributed by atoms with E-state index in [4.69, 9.17) is 46.9 Å². The third-order valence-corrected chi connectivity index (χ3v) is 13.2. The van der Waals surface area contributed by atoms with E-state index >= 15 is 0 Å². The van der Waals surface area contributed by atoms with Crippen LogP contribution in [0.2, 0.25) is 10.0 Å². The summed E-state index contributed by atoms with van der Waals surface area (Å²) < 4.78 is 28.5. The lowest BCUT2D eigenvalue weighted by Gasteiger charge is -2.40. The Hall–Kier alpha value is -4.59. The first-order chi connectivity index (χ1) is 33.0. The van der Waals surface area contributed by atoms with Gasteiger partial charge in [0.1, 0.15) is 43.3 Å². The number of nitriles is 1. The van der Waals surface area contributed by atoms with Crippen molar-refractivity contribution >= 4 is 57.1 Å². The number of rotatable bonds is 23. The molecule has 3 aliphatic rings. The van der Waals surface area contributed by atoms with Crippen LogP contribution in [-0.2, 0) is 14.3 Å². The van der Waals surface area contributed by atoms with Crippen LogP contribution in [-0.4, -0.2) is 151 Å². The van der Waals surface area contributed by atoms with Crippen molar-refractivity contribution in [3.8, 4) is 23.3 Å². The molecule has 0 aliphatic carbocycles. The van der Waals surface area contributed by atoms with Crippen molar-refractivity contribution in [3.63, 3.8) is 0 Å². The number of aliphatic hydroxyl groups excluding tert-OH is 4. The molecule has 368 valence electrons. The van der Waals surface area contributed by atoms with Gasteiger partial charge in [0.05, 0.1) is 72.6 Å². The van der Waals surface area contributed by atoms with Gasteiger partial charge >= 0.3 is 0 Å². The van der Waals surface area contributed by atoms with Gasteiger partial charge in [0.2, 0.25) is 5.91 Å². The fourth-order valence-corrected chi connectivity index (χ4v) is 9.49. The minimum atomic E-state index is -1.27. The molecular formula is C48H62Cl2N8O10. The molecule has 0 bridgehead atoms. The number of aromatic nitrogens is 1. The molecule has 4 heterocycles. The van der Waals surface area contributed by atoms with Crippen LogP contribution in [0.15, 0.2) is 48.7 Å². The number of aliphatic hydroxyl groups is 4. The molecular weight excluding hydrogens is 919 g/mol. The van der Waals surface area contributed by atoms with Gasteiger partial charge in [-0.3, -0.25) is 15.1 Å². The fourth-order valence-electron chi connectivity index (χ4n) is 8.98. The normalized spacial score (nSPS) is 21.1. The molecule has 20 heteroatoms. The highest BCUT2D eigenvalue weighted by Gasteiger charge is 2.46. The summed E-state index contributed by atoms with van der Waals surface area (Å²) in [7, 11) is 3.10. The number of piperazine rings is 1. The Kier molecular flexibility index (Phi) is 18.7. The van der Waals surface area contributed by atoms with Crippen molar-refractivity contribution in [1.82, 2.24) is 25.0 Å². The average molecular weight is 982 g/mol. The van der Waals surface area contributed by atoms with Gasteiger partial charge in [0.15, 0.2) is 11.5 Å². The molecule has 5 atom stereocenters. The maximum atomic E-state index is 12.7. The third kappa shape index (κ3) is 12.8. The van der Waals surface area contributed by atoms with Crippen molar-refractivity contribution in [2.45, 2.75) is 75.9 Å². The molecule has 1 amide bonds. The van der Waals surface area contributed by atoms with Crippen LogP contribution in [0.25, 0.3) is 10.9 Å². The van der Waals surface area contributed by atoms with E-state index in [-0.39, 0.29) is 13.2 Å². The number of carbonyl (C=O) groups is 1. The minimum absolute atomic E-state index is 0.199. The number of piperidine rings is 1. The quantitative estimate of drug-likeness (QED) is 0.0457. The van der Waals surface area contributed by atoms with Crippen LogP contribution in [0.4, 0.5) is 17.1 Å². The molecule has 5 unspecified atom stereocenters. The zero-order chi connectivity index (χ0) is 48.2. The van der Waals surface area contributed by atoms with Crippen LogP contribution in [0.1, 0.15) is 74.1 Å². The van der Waals surface area contributed by atoms with E-state index in [1.165, 1.54) is 18.2 Å². The Morgan fingerprint density at radius 2 is 1.56 bits per heavy atom. The molecule has 1 aromatic heterocycles. The van der Waals surface area contributed by atoms with Gasteiger partial charge in [0, 0.05) is 79.9 Å². The number of pyridine rings is 1. The standard InChI is InChI=1S/C48H62Cl2N8O10/c1-64-39-26-37(33(49)24-34(39)50)54-45-30(27-51)28-52-36-25-41(40(65-2)23-32(36)45)68-20-8-14-57-17-15-56(16-18-57)13-5-3-4-6-19-66-21-22-67-29-43(60)53-35-10-7-9-31-44(35)48(63)58(47(31)62)38-11-12-42(59)55-46(38)61/h7,9-10,23-26,28,38,42,46-48,55,59,61-63H,3-6,8,11-22,29H2,1-2H3,(H,52,54)(H,53,60). The Morgan fingerprint density at radius 1 is 0.824 bits per heavy atom. The number of ether oxygens (including phenoxy) is 5. The monoisotopic (exact) mass is 980 g/mol. The molecule has 2 fully saturated rings. The predicted octanol–water partition coefficient (Wildman–Crippen LogP) is 5.48. The van der Waals surface area contributed by atoms with Crippen molar-refractivity contribution in [1.29, 1.82) is 5.26 Å². The van der Waals surface area contributed by atoms with Gasteiger partial charge in [-0.1, -0.05) is 48.2 Å². The maximum absolute atomic E-state index is 12.7. The second-order valence-corrected chi connectivity index (χ2v) is 17.9. The molecule has 7 N–H and O–H groups in total. The molecule has 2 saturated heterocycles. The number of unbranched alkanes of at least 4 members (excludes halogenated alkanes) is 3. The number of hydrogen-bond acceptors (Lipinski definition) is 17. The zero-order valence-electron chi connectivity index (χ0n) is 38.5. The number of methoxy groups -OCH3 is 2. The number of nitrogens with zero attached hydrogens (tertiary/aromatic N) is 5. The number of halogens is 2. The lowest BCUT2D eigenvalue weighted by molar-refractivity contribution is -0.158. The summed E-state index contributed by atoms with van der Waals surface area (Å²) >= 11 is 12.7. The van der Waals surface area contributed by atoms with E-state index in [1.54, 1.807) is 37.4 Å². The van der Waals surface area contributed by atoms with Gasteiger partial charge in [0.25, 0.3) is 0 Å². The van der Waals surface area contributed by atoms with E-state index in [9.17, 15) is 30.5 Å². The van der Waals surface area contributed by atoms with Crippen molar-refractivity contribution < 1.29 is 48.9 Å². The smallest absolute Gasteiger partial charge is 0.250 e. The topological polar surface area (TPSA) is 227 Å². The first-order valence-electron chi connectivity index (χ1n) is 23.1. The Bertz CT molecular complexity index is 2370. The van der Waals surface area contributed by atoms with Crippen LogP contribution < -0.4 is 30.2 Å². The number of anilines is 3. The Balaban J connectivity index is 0.726. The number of benzene rings is 3. The van der Waals surface area contributed by atoms with Crippen LogP contribution >= 0.6 is 23.2 Å². The molecule has 0 spiro atoms. The molecule has 3 aromatic carbocycles. The number of carbonyl (C=O) groups excluding carboxylic acids is 1. The molecule has 0 saturated carbocycles. The van der Waals surface area contributed by atoms with Crippen molar-refractivity contribution in [3.05, 3.63) is 75.4 Å². The molecule has 18 nitrogen and oxygen atoms in total. The highest BCUT2D eigenvalue weighted by molar-refractivity contribution is 6.37. The molecule has 0 radical (unpaired) electrons. The SMILES string of the molecule is COc1cc(Nc2c(C#N)cnc3cc(OCCCN4CCN(CCCCCCOCCOCC(=O)Nc5cccc6c5C(O)N(C5CCC(O)NC5O)C6O)CC4)c(OC)cc23)c(Cl)cc1Cl. The average Bonchev–Trinajstić information content (AvgIpc) is 3.59. The largest absolute Gasteiger partial charge is 0.495 e. The predicted molar refractivity (Wildman–Crippen MR) is 257 cm³/mol. The molecule has 4 aromatic rings. The van der Waals surface area contributed by atoms with Gasteiger partial charge in [-0.05, 0) is 56.8 Å². The van der Waals surface area contributed by atoms with Gasteiger partial charge in [-0.15, -0.1) is 0 Å². The van der Waals surface area contributed by atoms with Gasteiger partial charge < -0.3 is 64.5 Å². The van der Waals surface area contributed by atoms with E-state index in [2.05, 4.69) is 36.8 Å². The molecule has 68 heavy (non-hydrogen) atoms. The maximum Gasteiger partial charge on any atom is 0.250 e. The number of fused-ring (bicyclic) bond motifs is 2. The third-order valence-electron chi connectivity index (χ3n) is 12.6. The highest BCUT2D eigenvalue weighted by Crippen LogP contribution is 2.46. The minimum Gasteiger partial charge on any atom is -0.495 e. The van der Waals surface area contributed by atoms with E-state index < -0.39 is 36.9 Å². The first kappa shape index (κ1) is 51.3. The molecule has 7 rings (SSSR count). The summed E-state index contributed by atoms with van der Waals surface area (Å²) in [5.74, 6) is 1.13. The second-order valence-electron chi connectivity index (χ2n) is 17.1. The highest BCUT2D eigenvalue weighted by atomic mass is 35.5. The summed E-state index contributed by atoms with van der Waals surface area (Å²) in [5, 5.41) is 62.4. The molecule has 3 aliphatic heterocycles. The van der Waals surface area contributed by atoms with Gasteiger partial charge in [-0.25, -0.2) is 4.90 Å².